The Hall–Kier alpha value is -4.93. The van der Waals surface area contributed by atoms with Gasteiger partial charge in [-0.3, -0.25) is 0 Å². The van der Waals surface area contributed by atoms with Crippen molar-refractivity contribution < 1.29 is 0 Å². The van der Waals surface area contributed by atoms with Gasteiger partial charge in [0, 0.05) is 42.2 Å². The van der Waals surface area contributed by atoms with Crippen LogP contribution in [-0.2, 0) is 0 Å². The fourth-order valence-corrected chi connectivity index (χ4v) is 6.75. The molecule has 0 aliphatic rings. The minimum absolute atomic E-state index is 0.671. The zero-order chi connectivity index (χ0) is 25.8. The molecule has 2 heterocycles. The molecule has 3 nitrogen and oxygen atoms in total. The van der Waals surface area contributed by atoms with Crippen LogP contribution in [0.5, 0.6) is 0 Å². The lowest BCUT2D eigenvalue weighted by Crippen LogP contribution is -2.00. The van der Waals surface area contributed by atoms with Crippen LogP contribution in [0.1, 0.15) is 0 Å². The summed E-state index contributed by atoms with van der Waals surface area (Å²) in [6, 6.07) is 44.3. The molecule has 6 aromatic carbocycles. The molecule has 39 heavy (non-hydrogen) atoms. The Labute approximate surface area is 229 Å². The Morgan fingerprint density at radius 2 is 1.00 bits per heavy atom. The van der Waals surface area contributed by atoms with E-state index in [-0.39, 0.29) is 0 Å². The van der Waals surface area contributed by atoms with Crippen LogP contribution < -0.4 is 0 Å². The van der Waals surface area contributed by atoms with Gasteiger partial charge in [0.15, 0.2) is 17.5 Å². The second kappa shape index (κ2) is 8.83. The largest absolute Gasteiger partial charge is 0.208 e. The van der Waals surface area contributed by atoms with Crippen LogP contribution in [0.25, 0.3) is 75.9 Å². The highest BCUT2D eigenvalue weighted by Gasteiger charge is 2.16. The molecule has 0 saturated carbocycles. The van der Waals surface area contributed by atoms with Crippen molar-refractivity contribution in [1.29, 1.82) is 0 Å². The molecular formula is C35H21N3S. The zero-order valence-electron chi connectivity index (χ0n) is 20.9. The SMILES string of the molecule is c1ccc(-c2nc(-c3ccccc3)nc(-c3cccc4c3ccc3ccc5c6ccccc6sc5c34)n2)cc1. The van der Waals surface area contributed by atoms with Crippen LogP contribution in [0, 0.1) is 0 Å². The molecule has 0 radical (unpaired) electrons. The van der Waals surface area contributed by atoms with E-state index in [0.29, 0.717) is 17.5 Å². The molecule has 0 spiro atoms. The summed E-state index contributed by atoms with van der Waals surface area (Å²) in [5.41, 5.74) is 2.94. The minimum atomic E-state index is 0.671. The summed E-state index contributed by atoms with van der Waals surface area (Å²) in [7, 11) is 0. The van der Waals surface area contributed by atoms with E-state index in [0.717, 1.165) is 22.1 Å². The Bertz CT molecular complexity index is 2110. The van der Waals surface area contributed by atoms with Gasteiger partial charge in [-0.25, -0.2) is 15.0 Å². The average Bonchev–Trinajstić information content (AvgIpc) is 3.40. The predicted octanol–water partition coefficient (Wildman–Crippen LogP) is 9.55. The first-order valence-corrected chi connectivity index (χ1v) is 13.8. The van der Waals surface area contributed by atoms with Gasteiger partial charge in [-0.2, -0.15) is 0 Å². The van der Waals surface area contributed by atoms with Crippen molar-refractivity contribution in [2.75, 3.05) is 0 Å². The van der Waals surface area contributed by atoms with Crippen LogP contribution in [0.2, 0.25) is 0 Å². The van der Waals surface area contributed by atoms with Crippen molar-refractivity contribution in [2.24, 2.45) is 0 Å². The fraction of sp³-hybridized carbons (Fsp3) is 0. The predicted molar refractivity (Wildman–Crippen MR) is 164 cm³/mol. The Balaban J connectivity index is 1.43. The van der Waals surface area contributed by atoms with E-state index in [1.807, 2.05) is 72.0 Å². The highest BCUT2D eigenvalue weighted by atomic mass is 32.1. The van der Waals surface area contributed by atoms with Gasteiger partial charge in [0.05, 0.1) is 0 Å². The Morgan fingerprint density at radius 3 is 1.72 bits per heavy atom. The average molecular weight is 516 g/mol. The highest BCUT2D eigenvalue weighted by molar-refractivity contribution is 7.26. The Kier molecular flexibility index (Phi) is 5.00. The molecule has 0 atom stereocenters. The summed E-state index contributed by atoms with van der Waals surface area (Å²) < 4.78 is 2.63. The first kappa shape index (κ1) is 22.1. The van der Waals surface area contributed by atoms with E-state index < -0.39 is 0 Å². The molecule has 4 heteroatoms. The van der Waals surface area contributed by atoms with E-state index in [9.17, 15) is 0 Å². The van der Waals surface area contributed by atoms with E-state index in [2.05, 4.69) is 66.7 Å². The third-order valence-corrected chi connectivity index (χ3v) is 8.53. The number of hydrogen-bond donors (Lipinski definition) is 0. The van der Waals surface area contributed by atoms with Gasteiger partial charge in [0.1, 0.15) is 0 Å². The van der Waals surface area contributed by atoms with Crippen LogP contribution in [0.15, 0.2) is 127 Å². The molecule has 2 aromatic heterocycles. The summed E-state index contributed by atoms with van der Waals surface area (Å²) in [5.74, 6) is 2.02. The van der Waals surface area contributed by atoms with Gasteiger partial charge >= 0.3 is 0 Å². The quantitative estimate of drug-likeness (QED) is 0.220. The third kappa shape index (κ3) is 3.61. The molecule has 0 N–H and O–H groups in total. The summed E-state index contributed by atoms with van der Waals surface area (Å²) in [6.45, 7) is 0. The van der Waals surface area contributed by atoms with Crippen molar-refractivity contribution in [3.05, 3.63) is 127 Å². The minimum Gasteiger partial charge on any atom is -0.208 e. The molecule has 8 aromatic rings. The first-order valence-electron chi connectivity index (χ1n) is 13.0. The molecule has 0 fully saturated rings. The molecular weight excluding hydrogens is 494 g/mol. The number of benzene rings is 6. The Morgan fingerprint density at radius 1 is 0.410 bits per heavy atom. The monoisotopic (exact) mass is 515 g/mol. The van der Waals surface area contributed by atoms with E-state index >= 15 is 0 Å². The molecule has 0 bridgehead atoms. The van der Waals surface area contributed by atoms with Crippen molar-refractivity contribution in [2.45, 2.75) is 0 Å². The number of aromatic nitrogens is 3. The van der Waals surface area contributed by atoms with Crippen molar-refractivity contribution in [3.63, 3.8) is 0 Å². The summed E-state index contributed by atoms with van der Waals surface area (Å²) >= 11 is 1.87. The van der Waals surface area contributed by atoms with E-state index in [1.165, 1.54) is 36.3 Å². The van der Waals surface area contributed by atoms with Crippen LogP contribution in [0.4, 0.5) is 0 Å². The lowest BCUT2D eigenvalue weighted by Gasteiger charge is -2.12. The van der Waals surface area contributed by atoms with Crippen LogP contribution >= 0.6 is 11.3 Å². The smallest absolute Gasteiger partial charge is 0.164 e. The summed E-state index contributed by atoms with van der Waals surface area (Å²) in [4.78, 5) is 14.9. The molecule has 0 unspecified atom stereocenters. The number of rotatable bonds is 3. The maximum absolute atomic E-state index is 5.01. The standard InChI is InChI=1S/C35H21N3S/c1-3-10-23(11-4-1)33-36-34(24-12-5-2-6-13-24)38-35(37-33)29-16-9-15-27-25(29)20-18-22-19-21-28-26-14-7-8-17-30(26)39-32(28)31(22)27/h1-21H. The topological polar surface area (TPSA) is 38.7 Å². The second-order valence-corrected chi connectivity index (χ2v) is 10.7. The third-order valence-electron chi connectivity index (χ3n) is 7.32. The van der Waals surface area contributed by atoms with Gasteiger partial charge in [-0.1, -0.05) is 121 Å². The van der Waals surface area contributed by atoms with E-state index in [1.54, 1.807) is 0 Å². The lowest BCUT2D eigenvalue weighted by molar-refractivity contribution is 1.08. The summed E-state index contributed by atoms with van der Waals surface area (Å²) in [6.07, 6.45) is 0. The fourth-order valence-electron chi connectivity index (χ4n) is 5.48. The van der Waals surface area contributed by atoms with Crippen LogP contribution in [0.3, 0.4) is 0 Å². The summed E-state index contributed by atoms with van der Waals surface area (Å²) in [5, 5.41) is 7.49. The maximum Gasteiger partial charge on any atom is 0.164 e. The van der Waals surface area contributed by atoms with Crippen LogP contribution in [-0.4, -0.2) is 15.0 Å². The molecule has 0 aliphatic heterocycles. The zero-order valence-corrected chi connectivity index (χ0v) is 21.7. The van der Waals surface area contributed by atoms with Gasteiger partial charge < -0.3 is 0 Å². The van der Waals surface area contributed by atoms with Gasteiger partial charge in [0.2, 0.25) is 0 Å². The van der Waals surface area contributed by atoms with Gasteiger partial charge in [-0.15, -0.1) is 11.3 Å². The normalized spacial score (nSPS) is 11.6. The first-order chi connectivity index (χ1) is 19.3. The number of hydrogen-bond acceptors (Lipinski definition) is 4. The van der Waals surface area contributed by atoms with Crippen molar-refractivity contribution >= 4 is 53.1 Å². The number of fused-ring (bicyclic) bond motifs is 7. The second-order valence-electron chi connectivity index (χ2n) is 9.64. The maximum atomic E-state index is 5.01. The molecule has 0 saturated heterocycles. The number of thiophene rings is 1. The van der Waals surface area contributed by atoms with Gasteiger partial charge in [-0.05, 0) is 22.2 Å². The van der Waals surface area contributed by atoms with E-state index in [4.69, 9.17) is 15.0 Å². The highest BCUT2D eigenvalue weighted by Crippen LogP contribution is 2.42. The molecule has 8 rings (SSSR count). The number of nitrogens with zero attached hydrogens (tertiary/aromatic N) is 3. The molecule has 0 amide bonds. The molecule has 0 aliphatic carbocycles. The molecule has 182 valence electrons. The van der Waals surface area contributed by atoms with Crippen molar-refractivity contribution in [3.8, 4) is 34.2 Å². The lowest BCUT2D eigenvalue weighted by atomic mass is 9.96. The van der Waals surface area contributed by atoms with Crippen molar-refractivity contribution in [1.82, 2.24) is 15.0 Å². The van der Waals surface area contributed by atoms with Gasteiger partial charge in [0.25, 0.3) is 0 Å².